The highest BCUT2D eigenvalue weighted by atomic mass is 127. The molecule has 2 aliphatic heterocycles. The molecule has 3 aromatic rings. The summed E-state index contributed by atoms with van der Waals surface area (Å²) in [4.78, 5) is 41.4. The lowest BCUT2D eigenvalue weighted by Crippen LogP contribution is -2.44. The molecule has 0 aliphatic carbocycles. The average Bonchev–Trinajstić information content (AvgIpc) is 3.20. The first-order chi connectivity index (χ1) is 18.9. The first-order valence-electron chi connectivity index (χ1n) is 13.0. The van der Waals surface area contributed by atoms with Gasteiger partial charge in [0.25, 0.3) is 11.1 Å². The van der Waals surface area contributed by atoms with E-state index in [0.717, 1.165) is 55.8 Å². The maximum atomic E-state index is 13.1. The quantitative estimate of drug-likeness (QED) is 0.205. The molecule has 2 aliphatic rings. The first kappa shape index (κ1) is 27.5. The number of piperidine rings is 1. The Morgan fingerprint density at radius 3 is 2.59 bits per heavy atom. The Labute approximate surface area is 245 Å². The number of benzene rings is 3. The van der Waals surface area contributed by atoms with Gasteiger partial charge in [0.2, 0.25) is 5.91 Å². The summed E-state index contributed by atoms with van der Waals surface area (Å²) in [7, 11) is 0. The molecule has 7 nitrogen and oxygen atoms in total. The molecule has 5 rings (SSSR count). The Hall–Kier alpha value is -3.05. The molecular formula is C30H29IN2O5S. The minimum atomic E-state index is -0.445. The van der Waals surface area contributed by atoms with Crippen molar-refractivity contribution < 1.29 is 23.9 Å². The third-order valence-electron chi connectivity index (χ3n) is 6.76. The van der Waals surface area contributed by atoms with Crippen molar-refractivity contribution in [2.24, 2.45) is 0 Å². The summed E-state index contributed by atoms with van der Waals surface area (Å²) in [5, 5.41) is 1.87. The third kappa shape index (κ3) is 6.24. The number of thioether (sulfide) groups is 1. The van der Waals surface area contributed by atoms with Crippen LogP contribution in [0.1, 0.15) is 37.3 Å². The summed E-state index contributed by atoms with van der Waals surface area (Å²) >= 11 is 3.06. The molecule has 39 heavy (non-hydrogen) atoms. The van der Waals surface area contributed by atoms with Crippen LogP contribution in [0.25, 0.3) is 16.8 Å². The molecule has 0 saturated carbocycles. The average molecular weight is 657 g/mol. The van der Waals surface area contributed by atoms with Gasteiger partial charge < -0.3 is 14.4 Å². The van der Waals surface area contributed by atoms with E-state index in [4.69, 9.17) is 9.47 Å². The van der Waals surface area contributed by atoms with Crippen LogP contribution in [0, 0.1) is 3.57 Å². The van der Waals surface area contributed by atoms with Crippen molar-refractivity contribution in [1.82, 2.24) is 9.80 Å². The summed E-state index contributed by atoms with van der Waals surface area (Å²) in [5.74, 6) is 0.567. The largest absolute Gasteiger partial charge is 0.490 e. The van der Waals surface area contributed by atoms with Crippen molar-refractivity contribution in [3.8, 4) is 11.5 Å². The SMILES string of the molecule is CCOc1cc(/C=C2\SC(=O)N(CC(=O)N3CCCCC3)C2=O)cc(I)c1OCc1cccc2ccccc12. The highest BCUT2D eigenvalue weighted by molar-refractivity contribution is 14.1. The Morgan fingerprint density at radius 2 is 1.79 bits per heavy atom. The number of imide groups is 1. The Kier molecular flexibility index (Phi) is 8.76. The number of hydrogen-bond donors (Lipinski definition) is 0. The first-order valence-corrected chi connectivity index (χ1v) is 14.9. The van der Waals surface area contributed by atoms with E-state index < -0.39 is 11.1 Å². The van der Waals surface area contributed by atoms with Crippen LogP contribution in [0.3, 0.4) is 0 Å². The number of carbonyl (C=O) groups is 3. The fraction of sp³-hybridized carbons (Fsp3) is 0.300. The smallest absolute Gasteiger partial charge is 0.294 e. The molecule has 0 spiro atoms. The number of nitrogens with zero attached hydrogens (tertiary/aromatic N) is 2. The monoisotopic (exact) mass is 656 g/mol. The lowest BCUT2D eigenvalue weighted by Gasteiger charge is -2.27. The van der Waals surface area contributed by atoms with Gasteiger partial charge in [-0.25, -0.2) is 0 Å². The van der Waals surface area contributed by atoms with E-state index in [1.54, 1.807) is 11.0 Å². The van der Waals surface area contributed by atoms with Crippen LogP contribution in [0.5, 0.6) is 11.5 Å². The van der Waals surface area contributed by atoms with Crippen molar-refractivity contribution in [2.45, 2.75) is 32.8 Å². The zero-order chi connectivity index (χ0) is 27.4. The van der Waals surface area contributed by atoms with Gasteiger partial charge in [0, 0.05) is 13.1 Å². The maximum Gasteiger partial charge on any atom is 0.294 e. The second-order valence-electron chi connectivity index (χ2n) is 9.40. The van der Waals surface area contributed by atoms with Crippen molar-refractivity contribution in [3.05, 3.63) is 74.2 Å². The standard InChI is InChI=1S/C30H29IN2O5S/c1-2-37-25-16-20(15-24(31)28(25)38-19-22-11-8-10-21-9-4-5-12-23(21)22)17-26-29(35)33(30(36)39-26)18-27(34)32-13-6-3-7-14-32/h4-5,8-12,15-17H,2-3,6-7,13-14,18-19H2,1H3/b26-17-. The molecule has 0 bridgehead atoms. The molecule has 2 saturated heterocycles. The van der Waals surface area contributed by atoms with Crippen LogP contribution in [0.15, 0.2) is 59.5 Å². The van der Waals surface area contributed by atoms with Gasteiger partial charge in [0.1, 0.15) is 13.2 Å². The van der Waals surface area contributed by atoms with Crippen molar-refractivity contribution >= 4 is 68.3 Å². The van der Waals surface area contributed by atoms with E-state index in [9.17, 15) is 14.4 Å². The zero-order valence-electron chi connectivity index (χ0n) is 21.7. The van der Waals surface area contributed by atoms with Crippen LogP contribution in [0.2, 0.25) is 0 Å². The molecule has 2 heterocycles. The van der Waals surface area contributed by atoms with Crippen LogP contribution >= 0.6 is 34.4 Å². The third-order valence-corrected chi connectivity index (χ3v) is 8.47. The highest BCUT2D eigenvalue weighted by Crippen LogP contribution is 2.38. The van der Waals surface area contributed by atoms with Gasteiger partial charge in [-0.3, -0.25) is 19.3 Å². The van der Waals surface area contributed by atoms with Crippen LogP contribution in [-0.2, 0) is 16.2 Å². The van der Waals surface area contributed by atoms with Gasteiger partial charge in [-0.05, 0) is 101 Å². The number of fused-ring (bicyclic) bond motifs is 1. The minimum Gasteiger partial charge on any atom is -0.490 e. The fourth-order valence-corrected chi connectivity index (χ4v) is 6.43. The number of halogens is 1. The number of hydrogen-bond acceptors (Lipinski definition) is 6. The van der Waals surface area contributed by atoms with E-state index in [2.05, 4.69) is 46.9 Å². The molecule has 2 fully saturated rings. The maximum absolute atomic E-state index is 13.1. The normalized spacial score (nSPS) is 16.8. The summed E-state index contributed by atoms with van der Waals surface area (Å²) in [6.45, 7) is 3.86. The van der Waals surface area contributed by atoms with Crippen molar-refractivity contribution in [1.29, 1.82) is 0 Å². The molecule has 0 N–H and O–H groups in total. The van der Waals surface area contributed by atoms with Gasteiger partial charge in [-0.2, -0.15) is 0 Å². The number of rotatable bonds is 8. The topological polar surface area (TPSA) is 76.2 Å². The lowest BCUT2D eigenvalue weighted by molar-refractivity contribution is -0.136. The van der Waals surface area contributed by atoms with Gasteiger partial charge in [-0.15, -0.1) is 0 Å². The molecule has 3 aromatic carbocycles. The molecule has 9 heteroatoms. The predicted molar refractivity (Wildman–Crippen MR) is 162 cm³/mol. The Balaban J connectivity index is 1.34. The molecule has 0 unspecified atom stereocenters. The zero-order valence-corrected chi connectivity index (χ0v) is 24.6. The van der Waals surface area contributed by atoms with E-state index in [1.807, 2.05) is 37.3 Å². The number of ether oxygens (including phenoxy) is 2. The van der Waals surface area contributed by atoms with Gasteiger partial charge >= 0.3 is 0 Å². The second-order valence-corrected chi connectivity index (χ2v) is 11.6. The van der Waals surface area contributed by atoms with Crippen molar-refractivity contribution in [3.63, 3.8) is 0 Å². The molecular weight excluding hydrogens is 627 g/mol. The molecule has 202 valence electrons. The van der Waals surface area contributed by atoms with Crippen LogP contribution in [0.4, 0.5) is 4.79 Å². The van der Waals surface area contributed by atoms with E-state index >= 15 is 0 Å². The minimum absolute atomic E-state index is 0.181. The molecule has 0 aromatic heterocycles. The molecule has 0 radical (unpaired) electrons. The number of carbonyl (C=O) groups excluding carboxylic acids is 3. The summed E-state index contributed by atoms with van der Waals surface area (Å²) in [5.41, 5.74) is 1.79. The van der Waals surface area contributed by atoms with Gasteiger partial charge in [0.15, 0.2) is 11.5 Å². The predicted octanol–water partition coefficient (Wildman–Crippen LogP) is 6.47. The van der Waals surface area contributed by atoms with Crippen LogP contribution < -0.4 is 9.47 Å². The fourth-order valence-electron chi connectivity index (χ4n) is 4.81. The summed E-state index contributed by atoms with van der Waals surface area (Å²) in [6, 6.07) is 18.1. The van der Waals surface area contributed by atoms with Gasteiger partial charge in [0.05, 0.1) is 15.1 Å². The Bertz CT molecular complexity index is 1450. The van der Waals surface area contributed by atoms with E-state index in [1.165, 1.54) is 0 Å². The molecule has 0 atom stereocenters. The Morgan fingerprint density at radius 1 is 1.03 bits per heavy atom. The summed E-state index contributed by atoms with van der Waals surface area (Å²) < 4.78 is 13.0. The highest BCUT2D eigenvalue weighted by Gasteiger charge is 2.37. The van der Waals surface area contributed by atoms with E-state index in [-0.39, 0.29) is 17.4 Å². The lowest BCUT2D eigenvalue weighted by atomic mass is 10.1. The number of likely N-dealkylation sites (tertiary alicyclic amines) is 1. The van der Waals surface area contributed by atoms with Gasteiger partial charge in [-0.1, -0.05) is 42.5 Å². The second kappa shape index (κ2) is 12.4. The van der Waals surface area contributed by atoms with Crippen molar-refractivity contribution in [2.75, 3.05) is 26.2 Å². The van der Waals surface area contributed by atoms with E-state index in [0.29, 0.717) is 43.4 Å². The van der Waals surface area contributed by atoms with Crippen LogP contribution in [-0.4, -0.2) is 53.1 Å². The molecule has 3 amide bonds. The summed E-state index contributed by atoms with van der Waals surface area (Å²) in [6.07, 6.45) is 4.69. The number of amides is 3.